The molecule has 0 radical (unpaired) electrons. The van der Waals surface area contributed by atoms with Crippen LogP contribution < -0.4 is 5.32 Å². The van der Waals surface area contributed by atoms with Gasteiger partial charge in [0.15, 0.2) is 5.13 Å². The molecule has 0 spiro atoms. The zero-order chi connectivity index (χ0) is 13.0. The van der Waals surface area contributed by atoms with Crippen LogP contribution in [0.5, 0.6) is 0 Å². The predicted molar refractivity (Wildman–Crippen MR) is 77.4 cm³/mol. The Kier molecular flexibility index (Phi) is 4.55. The molecule has 0 aliphatic rings. The summed E-state index contributed by atoms with van der Waals surface area (Å²) in [5.41, 5.74) is 0.757. The van der Waals surface area contributed by atoms with Gasteiger partial charge in [0.2, 0.25) is 5.91 Å². The number of aromatic nitrogens is 1. The smallest absolute Gasteiger partial charge is 0.226 e. The number of carbonyl (C=O) groups excluding carboxylic acids is 1. The lowest BCUT2D eigenvalue weighted by molar-refractivity contribution is -0.116. The van der Waals surface area contributed by atoms with Crippen LogP contribution in [-0.2, 0) is 4.79 Å². The number of carbonyl (C=O) groups is 1. The van der Waals surface area contributed by atoms with E-state index in [2.05, 4.69) is 17.2 Å². The normalized spacial score (nSPS) is 10.8. The molecule has 0 fully saturated rings. The van der Waals surface area contributed by atoms with E-state index in [4.69, 9.17) is 11.6 Å². The predicted octanol–water partition coefficient (Wildman–Crippen LogP) is 4.47. The van der Waals surface area contributed by atoms with Crippen molar-refractivity contribution in [1.29, 1.82) is 0 Å². The number of nitrogens with zero attached hydrogens (tertiary/aromatic N) is 1. The quantitative estimate of drug-likeness (QED) is 0.822. The molecule has 0 unspecified atom stereocenters. The zero-order valence-corrected chi connectivity index (χ0v) is 11.8. The van der Waals surface area contributed by atoms with Gasteiger partial charge >= 0.3 is 0 Å². The first-order valence-electron chi connectivity index (χ1n) is 6.05. The van der Waals surface area contributed by atoms with Crippen LogP contribution in [0.2, 0.25) is 5.02 Å². The summed E-state index contributed by atoms with van der Waals surface area (Å²) in [6.07, 6.45) is 3.68. The van der Waals surface area contributed by atoms with E-state index < -0.39 is 0 Å². The number of hydrogen-bond donors (Lipinski definition) is 1. The number of halogens is 1. The monoisotopic (exact) mass is 282 g/mol. The molecule has 2 rings (SSSR count). The molecular weight excluding hydrogens is 268 g/mol. The topological polar surface area (TPSA) is 42.0 Å². The number of anilines is 1. The Hall–Kier alpha value is -1.13. The van der Waals surface area contributed by atoms with Gasteiger partial charge in [-0.1, -0.05) is 48.8 Å². The summed E-state index contributed by atoms with van der Waals surface area (Å²) in [5, 5.41) is 4.07. The van der Waals surface area contributed by atoms with Crippen molar-refractivity contribution >= 4 is 44.2 Å². The lowest BCUT2D eigenvalue weighted by Crippen LogP contribution is -2.10. The third-order valence-corrected chi connectivity index (χ3v) is 3.86. The standard InChI is InChI=1S/C13H15ClN2OS/c1-2-3-4-8-11(17)15-13-16-12-9(14)6-5-7-10(12)18-13/h5-7H,2-4,8H2,1H3,(H,15,16,17). The minimum Gasteiger partial charge on any atom is -0.302 e. The first kappa shape index (κ1) is 13.3. The third-order valence-electron chi connectivity index (χ3n) is 2.62. The van der Waals surface area contributed by atoms with Crippen LogP contribution >= 0.6 is 22.9 Å². The molecular formula is C13H15ClN2OS. The maximum absolute atomic E-state index is 11.7. The molecule has 1 N–H and O–H groups in total. The van der Waals surface area contributed by atoms with Crippen molar-refractivity contribution in [2.45, 2.75) is 32.6 Å². The molecule has 0 bridgehead atoms. The van der Waals surface area contributed by atoms with E-state index in [9.17, 15) is 4.79 Å². The van der Waals surface area contributed by atoms with Crippen molar-refractivity contribution < 1.29 is 4.79 Å². The lowest BCUT2D eigenvalue weighted by atomic mass is 10.2. The highest BCUT2D eigenvalue weighted by atomic mass is 35.5. The second-order valence-electron chi connectivity index (χ2n) is 4.11. The van der Waals surface area contributed by atoms with E-state index in [-0.39, 0.29) is 5.91 Å². The number of hydrogen-bond acceptors (Lipinski definition) is 3. The molecule has 0 saturated heterocycles. The maximum Gasteiger partial charge on any atom is 0.226 e. The molecule has 1 amide bonds. The first-order valence-corrected chi connectivity index (χ1v) is 7.25. The van der Waals surface area contributed by atoms with Gasteiger partial charge in [0.25, 0.3) is 0 Å². The van der Waals surface area contributed by atoms with Crippen molar-refractivity contribution in [1.82, 2.24) is 4.98 Å². The van der Waals surface area contributed by atoms with Crippen LogP contribution in [0.4, 0.5) is 5.13 Å². The summed E-state index contributed by atoms with van der Waals surface area (Å²) >= 11 is 7.49. The summed E-state index contributed by atoms with van der Waals surface area (Å²) in [5.74, 6) is 0.0265. The van der Waals surface area contributed by atoms with Crippen molar-refractivity contribution in [2.75, 3.05) is 5.32 Å². The second kappa shape index (κ2) is 6.16. The van der Waals surface area contributed by atoms with E-state index in [1.165, 1.54) is 11.3 Å². The number of nitrogens with one attached hydrogen (secondary N) is 1. The third kappa shape index (κ3) is 3.21. The fraction of sp³-hybridized carbons (Fsp3) is 0.385. The van der Waals surface area contributed by atoms with Crippen LogP contribution in [0.1, 0.15) is 32.6 Å². The number of benzene rings is 1. The van der Waals surface area contributed by atoms with E-state index in [0.29, 0.717) is 16.6 Å². The van der Waals surface area contributed by atoms with Gasteiger partial charge in [-0.3, -0.25) is 4.79 Å². The lowest BCUT2D eigenvalue weighted by Gasteiger charge is -1.99. The van der Waals surface area contributed by atoms with Gasteiger partial charge in [-0.05, 0) is 18.6 Å². The summed E-state index contributed by atoms with van der Waals surface area (Å²) in [7, 11) is 0. The molecule has 3 nitrogen and oxygen atoms in total. The molecule has 1 aromatic carbocycles. The molecule has 0 atom stereocenters. The van der Waals surface area contributed by atoms with Crippen LogP contribution in [0, 0.1) is 0 Å². The first-order chi connectivity index (χ1) is 8.70. The average Bonchev–Trinajstić information content (AvgIpc) is 2.73. The van der Waals surface area contributed by atoms with Gasteiger partial charge in [0.1, 0.15) is 5.52 Å². The Balaban J connectivity index is 2.03. The van der Waals surface area contributed by atoms with Crippen molar-refractivity contribution in [3.63, 3.8) is 0 Å². The molecule has 0 aliphatic carbocycles. The zero-order valence-electron chi connectivity index (χ0n) is 10.2. The Bertz CT molecular complexity index is 553. The minimum atomic E-state index is 0.0265. The van der Waals surface area contributed by atoms with Crippen molar-refractivity contribution in [3.05, 3.63) is 23.2 Å². The molecule has 18 heavy (non-hydrogen) atoms. The Morgan fingerprint density at radius 3 is 3.00 bits per heavy atom. The largest absolute Gasteiger partial charge is 0.302 e. The molecule has 1 heterocycles. The summed E-state index contributed by atoms with van der Waals surface area (Å²) < 4.78 is 0.992. The Labute approximate surface area is 115 Å². The fourth-order valence-corrected chi connectivity index (χ4v) is 2.87. The molecule has 5 heteroatoms. The van der Waals surface area contributed by atoms with Gasteiger partial charge in [-0.25, -0.2) is 4.98 Å². The maximum atomic E-state index is 11.7. The van der Waals surface area contributed by atoms with Crippen LogP contribution in [0.3, 0.4) is 0 Å². The minimum absolute atomic E-state index is 0.0265. The van der Waals surface area contributed by atoms with E-state index in [0.717, 1.165) is 29.5 Å². The number of unbranched alkanes of at least 4 members (excludes halogenated alkanes) is 2. The number of rotatable bonds is 5. The van der Waals surface area contributed by atoms with Crippen LogP contribution in [0.25, 0.3) is 10.2 Å². The second-order valence-corrected chi connectivity index (χ2v) is 5.55. The highest BCUT2D eigenvalue weighted by Crippen LogP contribution is 2.30. The van der Waals surface area contributed by atoms with Crippen LogP contribution in [-0.4, -0.2) is 10.9 Å². The highest BCUT2D eigenvalue weighted by molar-refractivity contribution is 7.22. The van der Waals surface area contributed by atoms with Gasteiger partial charge in [0, 0.05) is 6.42 Å². The van der Waals surface area contributed by atoms with Crippen molar-refractivity contribution in [3.8, 4) is 0 Å². The molecule has 1 aromatic heterocycles. The Morgan fingerprint density at radius 1 is 1.44 bits per heavy atom. The molecule has 0 aliphatic heterocycles. The number of amides is 1. The SMILES string of the molecule is CCCCCC(=O)Nc1nc2c(Cl)cccc2s1. The summed E-state index contributed by atoms with van der Waals surface area (Å²) in [6, 6.07) is 5.64. The summed E-state index contributed by atoms with van der Waals surface area (Å²) in [6.45, 7) is 2.12. The number of para-hydroxylation sites is 1. The average molecular weight is 283 g/mol. The Morgan fingerprint density at radius 2 is 2.28 bits per heavy atom. The van der Waals surface area contributed by atoms with Gasteiger partial charge in [-0.15, -0.1) is 0 Å². The molecule has 96 valence electrons. The fourth-order valence-electron chi connectivity index (χ4n) is 1.69. The van der Waals surface area contributed by atoms with E-state index in [1.807, 2.05) is 12.1 Å². The van der Waals surface area contributed by atoms with E-state index in [1.54, 1.807) is 6.07 Å². The molecule has 2 aromatic rings. The van der Waals surface area contributed by atoms with Gasteiger partial charge in [0.05, 0.1) is 9.72 Å². The molecule has 0 saturated carbocycles. The van der Waals surface area contributed by atoms with Gasteiger partial charge in [-0.2, -0.15) is 0 Å². The van der Waals surface area contributed by atoms with Crippen LogP contribution in [0.15, 0.2) is 18.2 Å². The number of thiazole rings is 1. The summed E-state index contributed by atoms with van der Waals surface area (Å²) in [4.78, 5) is 16.0. The van der Waals surface area contributed by atoms with Crippen molar-refractivity contribution in [2.24, 2.45) is 0 Å². The van der Waals surface area contributed by atoms with E-state index >= 15 is 0 Å². The number of fused-ring (bicyclic) bond motifs is 1. The highest BCUT2D eigenvalue weighted by Gasteiger charge is 2.09. The van der Waals surface area contributed by atoms with Gasteiger partial charge < -0.3 is 5.32 Å².